The van der Waals surface area contributed by atoms with Crippen LogP contribution in [0, 0.1) is 0 Å². The number of benzene rings is 1. The molecule has 1 heterocycles. The molecule has 2 unspecified atom stereocenters. The predicted octanol–water partition coefficient (Wildman–Crippen LogP) is 4.92. The van der Waals surface area contributed by atoms with Crippen molar-refractivity contribution in [2.24, 2.45) is 0 Å². The van der Waals surface area contributed by atoms with E-state index in [1.165, 1.54) is 36.1 Å². The summed E-state index contributed by atoms with van der Waals surface area (Å²) >= 11 is 2.14. The molecule has 2 rings (SSSR count). The minimum atomic E-state index is 0.244. The Labute approximate surface area is 128 Å². The molecular formula is C18H29NS. The molecule has 1 aliphatic rings. The highest BCUT2D eigenvalue weighted by molar-refractivity contribution is 7.99. The molecule has 1 nitrogen and oxygen atoms in total. The average molecular weight is 292 g/mol. The second-order valence-electron chi connectivity index (χ2n) is 6.99. The first-order chi connectivity index (χ1) is 9.47. The summed E-state index contributed by atoms with van der Waals surface area (Å²) in [4.78, 5) is 0. The van der Waals surface area contributed by atoms with Crippen LogP contribution in [0.4, 0.5) is 0 Å². The molecule has 0 radical (unpaired) electrons. The molecule has 1 N–H and O–H groups in total. The molecule has 0 amide bonds. The third-order valence-electron chi connectivity index (χ3n) is 4.20. The molecule has 0 bridgehead atoms. The highest BCUT2D eigenvalue weighted by Crippen LogP contribution is 2.26. The summed E-state index contributed by atoms with van der Waals surface area (Å²) in [6.45, 7) is 10.2. The van der Waals surface area contributed by atoms with E-state index in [0.717, 1.165) is 11.8 Å². The maximum absolute atomic E-state index is 3.71. The Morgan fingerprint density at radius 3 is 2.45 bits per heavy atom. The number of nitrogens with one attached hydrogen (secondary N) is 1. The first-order valence-corrected chi connectivity index (χ1v) is 8.97. The summed E-state index contributed by atoms with van der Waals surface area (Å²) in [5.41, 5.74) is 3.06. The van der Waals surface area contributed by atoms with E-state index in [-0.39, 0.29) is 5.41 Å². The van der Waals surface area contributed by atoms with Crippen LogP contribution in [0.2, 0.25) is 0 Å². The molecule has 1 aromatic carbocycles. The third kappa shape index (κ3) is 4.53. The van der Waals surface area contributed by atoms with E-state index in [0.29, 0.717) is 6.04 Å². The number of hydrogen-bond acceptors (Lipinski definition) is 2. The summed E-state index contributed by atoms with van der Waals surface area (Å²) in [6, 6.07) is 9.58. The smallest absolute Gasteiger partial charge is 0.0292 e. The van der Waals surface area contributed by atoms with Gasteiger partial charge in [-0.15, -0.1) is 0 Å². The van der Waals surface area contributed by atoms with E-state index in [9.17, 15) is 0 Å². The first-order valence-electron chi connectivity index (χ1n) is 7.92. The van der Waals surface area contributed by atoms with Crippen LogP contribution in [-0.4, -0.2) is 17.5 Å². The van der Waals surface area contributed by atoms with Gasteiger partial charge in [0, 0.05) is 17.8 Å². The standard InChI is InChI=1S/C18H29NS/c1-14(19-13-17-7-5-6-12-20-17)15-8-10-16(11-9-15)18(2,3)4/h8-11,14,17,19H,5-7,12-13H2,1-4H3. The molecule has 1 aliphatic heterocycles. The van der Waals surface area contributed by atoms with Crippen LogP contribution in [0.25, 0.3) is 0 Å². The zero-order valence-electron chi connectivity index (χ0n) is 13.4. The monoisotopic (exact) mass is 291 g/mol. The zero-order valence-corrected chi connectivity index (χ0v) is 14.2. The largest absolute Gasteiger partial charge is 0.309 e. The van der Waals surface area contributed by atoms with Crippen molar-refractivity contribution in [1.82, 2.24) is 5.32 Å². The van der Waals surface area contributed by atoms with E-state index < -0.39 is 0 Å². The normalized spacial score (nSPS) is 21.7. The van der Waals surface area contributed by atoms with Crippen molar-refractivity contribution in [2.45, 2.75) is 63.7 Å². The molecule has 1 saturated heterocycles. The Kier molecular flexibility index (Phi) is 5.57. The lowest BCUT2D eigenvalue weighted by atomic mass is 9.86. The molecule has 1 fully saturated rings. The minimum Gasteiger partial charge on any atom is -0.309 e. The fourth-order valence-corrected chi connectivity index (χ4v) is 3.92. The molecule has 2 heteroatoms. The maximum atomic E-state index is 3.71. The quantitative estimate of drug-likeness (QED) is 0.845. The average Bonchev–Trinajstić information content (AvgIpc) is 2.45. The van der Waals surface area contributed by atoms with Crippen LogP contribution in [-0.2, 0) is 5.41 Å². The van der Waals surface area contributed by atoms with Gasteiger partial charge in [0.2, 0.25) is 0 Å². The van der Waals surface area contributed by atoms with Crippen molar-refractivity contribution < 1.29 is 0 Å². The molecule has 112 valence electrons. The summed E-state index contributed by atoms with van der Waals surface area (Å²) in [5.74, 6) is 1.35. The molecule has 20 heavy (non-hydrogen) atoms. The van der Waals surface area contributed by atoms with Crippen LogP contribution in [0.3, 0.4) is 0 Å². The molecule has 0 aliphatic carbocycles. The predicted molar refractivity (Wildman–Crippen MR) is 91.7 cm³/mol. The first kappa shape index (κ1) is 15.9. The van der Waals surface area contributed by atoms with Crippen molar-refractivity contribution in [3.63, 3.8) is 0 Å². The molecule has 0 spiro atoms. The summed E-state index contributed by atoms with van der Waals surface area (Å²) in [6.07, 6.45) is 4.20. The highest BCUT2D eigenvalue weighted by atomic mass is 32.2. The number of thioether (sulfide) groups is 1. The van der Waals surface area contributed by atoms with Gasteiger partial charge in [-0.2, -0.15) is 11.8 Å². The fourth-order valence-electron chi connectivity index (χ4n) is 2.67. The van der Waals surface area contributed by atoms with E-state index in [2.05, 4.69) is 69.0 Å². The van der Waals surface area contributed by atoms with Gasteiger partial charge in [-0.05, 0) is 42.1 Å². The second-order valence-corrected chi connectivity index (χ2v) is 8.40. The van der Waals surface area contributed by atoms with Crippen molar-refractivity contribution >= 4 is 11.8 Å². The van der Waals surface area contributed by atoms with Gasteiger partial charge in [0.05, 0.1) is 0 Å². The summed E-state index contributed by atoms with van der Waals surface area (Å²) < 4.78 is 0. The molecule has 2 atom stereocenters. The molecule has 0 aromatic heterocycles. The Bertz CT molecular complexity index is 398. The van der Waals surface area contributed by atoms with Gasteiger partial charge in [-0.1, -0.05) is 51.5 Å². The topological polar surface area (TPSA) is 12.0 Å². The Hall–Kier alpha value is -0.470. The third-order valence-corrected chi connectivity index (χ3v) is 5.60. The maximum Gasteiger partial charge on any atom is 0.0292 e. The van der Waals surface area contributed by atoms with Gasteiger partial charge in [0.25, 0.3) is 0 Å². The van der Waals surface area contributed by atoms with Crippen LogP contribution < -0.4 is 5.32 Å². The van der Waals surface area contributed by atoms with Gasteiger partial charge in [-0.3, -0.25) is 0 Å². The van der Waals surface area contributed by atoms with Gasteiger partial charge >= 0.3 is 0 Å². The fraction of sp³-hybridized carbons (Fsp3) is 0.667. The van der Waals surface area contributed by atoms with Crippen LogP contribution in [0.1, 0.15) is 64.1 Å². The second kappa shape index (κ2) is 7.00. The lowest BCUT2D eigenvalue weighted by Gasteiger charge is -2.24. The molecular weight excluding hydrogens is 262 g/mol. The van der Waals surface area contributed by atoms with E-state index in [1.807, 2.05) is 0 Å². The Morgan fingerprint density at radius 1 is 1.20 bits per heavy atom. The Balaban J connectivity index is 1.87. The SMILES string of the molecule is CC(NCC1CCCCS1)c1ccc(C(C)(C)C)cc1. The van der Waals surface area contributed by atoms with Gasteiger partial charge < -0.3 is 5.32 Å². The van der Waals surface area contributed by atoms with E-state index >= 15 is 0 Å². The van der Waals surface area contributed by atoms with Gasteiger partial charge in [-0.25, -0.2) is 0 Å². The minimum absolute atomic E-state index is 0.244. The Morgan fingerprint density at radius 2 is 1.90 bits per heavy atom. The van der Waals surface area contributed by atoms with Gasteiger partial charge in [0.1, 0.15) is 0 Å². The van der Waals surface area contributed by atoms with Crippen molar-refractivity contribution in [3.8, 4) is 0 Å². The summed E-state index contributed by atoms with van der Waals surface area (Å²) in [5, 5.41) is 4.53. The molecule has 0 saturated carbocycles. The van der Waals surface area contributed by atoms with E-state index in [1.54, 1.807) is 0 Å². The van der Waals surface area contributed by atoms with Crippen LogP contribution in [0.5, 0.6) is 0 Å². The van der Waals surface area contributed by atoms with Crippen molar-refractivity contribution in [1.29, 1.82) is 0 Å². The zero-order chi connectivity index (χ0) is 14.6. The van der Waals surface area contributed by atoms with Crippen LogP contribution in [0.15, 0.2) is 24.3 Å². The lowest BCUT2D eigenvalue weighted by molar-refractivity contribution is 0.537. The lowest BCUT2D eigenvalue weighted by Crippen LogP contribution is -2.29. The van der Waals surface area contributed by atoms with Crippen LogP contribution >= 0.6 is 11.8 Å². The van der Waals surface area contributed by atoms with Crippen molar-refractivity contribution in [3.05, 3.63) is 35.4 Å². The molecule has 1 aromatic rings. The van der Waals surface area contributed by atoms with E-state index in [4.69, 9.17) is 0 Å². The summed E-state index contributed by atoms with van der Waals surface area (Å²) in [7, 11) is 0. The number of hydrogen-bond donors (Lipinski definition) is 1. The highest BCUT2D eigenvalue weighted by Gasteiger charge is 2.16. The van der Waals surface area contributed by atoms with Crippen molar-refractivity contribution in [2.75, 3.05) is 12.3 Å². The van der Waals surface area contributed by atoms with Gasteiger partial charge in [0.15, 0.2) is 0 Å². The number of rotatable bonds is 4.